The number of anilines is 1. The van der Waals surface area contributed by atoms with Gasteiger partial charge in [-0.2, -0.15) is 0 Å². The van der Waals surface area contributed by atoms with Gasteiger partial charge >= 0.3 is 0 Å². The van der Waals surface area contributed by atoms with Crippen molar-refractivity contribution in [2.75, 3.05) is 5.32 Å². The minimum absolute atomic E-state index is 0.0000979. The van der Waals surface area contributed by atoms with Crippen LogP contribution in [-0.4, -0.2) is 20.5 Å². The number of halogens is 3. The summed E-state index contributed by atoms with van der Waals surface area (Å²) in [5, 5.41) is 26.9. The van der Waals surface area contributed by atoms with Crippen LogP contribution in [0.2, 0.25) is 10.0 Å². The molecule has 11 heteroatoms. The van der Waals surface area contributed by atoms with Crippen molar-refractivity contribution in [2.24, 2.45) is 5.92 Å². The maximum absolute atomic E-state index is 11.6. The van der Waals surface area contributed by atoms with Crippen LogP contribution in [0.1, 0.15) is 29.5 Å². The third-order valence-corrected chi connectivity index (χ3v) is 9.25. The van der Waals surface area contributed by atoms with Gasteiger partial charge in [-0.25, -0.2) is 0 Å². The summed E-state index contributed by atoms with van der Waals surface area (Å²) in [6.07, 6.45) is 0.638. The van der Waals surface area contributed by atoms with Crippen LogP contribution in [0.3, 0.4) is 0 Å². The fourth-order valence-electron chi connectivity index (χ4n) is 5.18. The van der Waals surface area contributed by atoms with Crippen molar-refractivity contribution in [3.05, 3.63) is 102 Å². The number of thioether (sulfide) groups is 1. The van der Waals surface area contributed by atoms with Gasteiger partial charge in [0.05, 0.1) is 36.9 Å². The Morgan fingerprint density at radius 2 is 1.74 bits per heavy atom. The first-order valence-electron chi connectivity index (χ1n) is 10.8. The van der Waals surface area contributed by atoms with Gasteiger partial charge in [0, 0.05) is 34.4 Å². The van der Waals surface area contributed by atoms with E-state index in [1.54, 1.807) is 36.4 Å². The van der Waals surface area contributed by atoms with E-state index in [0.29, 0.717) is 27.0 Å². The van der Waals surface area contributed by atoms with Gasteiger partial charge in [0.1, 0.15) is 0 Å². The number of non-ortho nitro benzene ring substituents is 1. The van der Waals surface area contributed by atoms with Gasteiger partial charge in [-0.15, -0.1) is 23.4 Å². The van der Waals surface area contributed by atoms with Crippen LogP contribution in [0.25, 0.3) is 0 Å². The zero-order valence-electron chi connectivity index (χ0n) is 17.9. The van der Waals surface area contributed by atoms with Gasteiger partial charge in [0.2, 0.25) is 0 Å². The van der Waals surface area contributed by atoms with Gasteiger partial charge in [-0.3, -0.25) is 20.2 Å². The SMILES string of the molecule is O=[N+]([O-])c1cccc([C@@H]2Nc3c(Cl)cc(Cl)cc3[C@@H]3[C@H](Cl)[C@H](Sc4ccccc4[N+](=O)[O-])C[C@H]32)c1. The second-order valence-electron chi connectivity index (χ2n) is 8.58. The van der Waals surface area contributed by atoms with Gasteiger partial charge in [-0.05, 0) is 41.7 Å². The number of nitrogens with zero attached hydrogens (tertiary/aromatic N) is 2. The number of fused-ring (bicyclic) bond motifs is 3. The maximum Gasteiger partial charge on any atom is 0.282 e. The molecule has 3 aromatic rings. The van der Waals surface area contributed by atoms with Crippen molar-refractivity contribution in [3.63, 3.8) is 0 Å². The number of nitro benzene ring substituents is 2. The first-order valence-corrected chi connectivity index (χ1v) is 12.9. The van der Waals surface area contributed by atoms with Crippen LogP contribution in [0.4, 0.5) is 17.1 Å². The zero-order chi connectivity index (χ0) is 24.9. The Labute approximate surface area is 220 Å². The number of nitro groups is 2. The lowest BCUT2D eigenvalue weighted by Gasteiger charge is -2.38. The minimum Gasteiger partial charge on any atom is -0.376 e. The average Bonchev–Trinajstić information content (AvgIpc) is 3.15. The molecule has 1 fully saturated rings. The number of benzene rings is 3. The van der Waals surface area contributed by atoms with Crippen LogP contribution in [-0.2, 0) is 0 Å². The largest absolute Gasteiger partial charge is 0.376 e. The number of hydrogen-bond donors (Lipinski definition) is 1. The molecule has 0 spiro atoms. The Hall–Kier alpha value is -2.52. The highest BCUT2D eigenvalue weighted by Crippen LogP contribution is 2.59. The molecule has 1 aliphatic carbocycles. The summed E-state index contributed by atoms with van der Waals surface area (Å²) in [6, 6.07) is 16.4. The summed E-state index contributed by atoms with van der Waals surface area (Å²) in [7, 11) is 0. The fraction of sp³-hybridized carbons (Fsp3) is 0.250. The minimum atomic E-state index is -0.420. The molecule has 35 heavy (non-hydrogen) atoms. The van der Waals surface area contributed by atoms with Crippen LogP contribution in [0.15, 0.2) is 65.6 Å². The number of hydrogen-bond acceptors (Lipinski definition) is 6. The summed E-state index contributed by atoms with van der Waals surface area (Å²) in [5.41, 5.74) is 2.39. The molecule has 0 amide bonds. The molecule has 5 rings (SSSR count). The van der Waals surface area contributed by atoms with E-state index >= 15 is 0 Å². The number of nitrogens with one attached hydrogen (secondary N) is 1. The molecule has 7 nitrogen and oxygen atoms in total. The van der Waals surface area contributed by atoms with E-state index in [4.69, 9.17) is 34.8 Å². The lowest BCUT2D eigenvalue weighted by molar-refractivity contribution is -0.387. The summed E-state index contributed by atoms with van der Waals surface area (Å²) in [6.45, 7) is 0. The van der Waals surface area contributed by atoms with Crippen molar-refractivity contribution in [1.82, 2.24) is 0 Å². The number of alkyl halides is 1. The van der Waals surface area contributed by atoms with Crippen molar-refractivity contribution in [3.8, 4) is 0 Å². The molecule has 0 bridgehead atoms. The first-order chi connectivity index (χ1) is 16.7. The van der Waals surface area contributed by atoms with E-state index in [9.17, 15) is 20.2 Å². The van der Waals surface area contributed by atoms with Crippen LogP contribution >= 0.6 is 46.6 Å². The van der Waals surface area contributed by atoms with Gasteiger partial charge in [-0.1, -0.05) is 47.5 Å². The second-order valence-corrected chi connectivity index (χ2v) is 11.2. The topological polar surface area (TPSA) is 98.3 Å². The third-order valence-electron chi connectivity index (χ3n) is 6.62. The smallest absolute Gasteiger partial charge is 0.282 e. The molecule has 1 aliphatic heterocycles. The molecule has 1 heterocycles. The fourth-order valence-corrected chi connectivity index (χ4v) is 7.68. The Morgan fingerprint density at radius 1 is 0.971 bits per heavy atom. The van der Waals surface area contributed by atoms with Gasteiger partial charge in [0.25, 0.3) is 11.4 Å². The quantitative estimate of drug-likeness (QED) is 0.197. The van der Waals surface area contributed by atoms with Crippen LogP contribution in [0, 0.1) is 26.1 Å². The monoisotopic (exact) mass is 549 g/mol. The van der Waals surface area contributed by atoms with E-state index in [1.807, 2.05) is 12.1 Å². The Bertz CT molecular complexity index is 1340. The highest BCUT2D eigenvalue weighted by atomic mass is 35.5. The van der Waals surface area contributed by atoms with E-state index in [0.717, 1.165) is 11.1 Å². The van der Waals surface area contributed by atoms with Crippen LogP contribution < -0.4 is 5.32 Å². The predicted molar refractivity (Wildman–Crippen MR) is 139 cm³/mol. The van der Waals surface area contributed by atoms with Gasteiger partial charge < -0.3 is 5.32 Å². The molecule has 0 saturated heterocycles. The average molecular weight is 551 g/mol. The Kier molecular flexibility index (Phi) is 6.57. The molecule has 1 saturated carbocycles. The van der Waals surface area contributed by atoms with Gasteiger partial charge in [0.15, 0.2) is 0 Å². The predicted octanol–water partition coefficient (Wildman–Crippen LogP) is 7.85. The molecule has 0 aromatic heterocycles. The molecule has 0 radical (unpaired) electrons. The van der Waals surface area contributed by atoms with E-state index in [1.165, 1.54) is 23.9 Å². The second kappa shape index (κ2) is 9.50. The van der Waals surface area contributed by atoms with Crippen molar-refractivity contribution >= 4 is 63.6 Å². The Morgan fingerprint density at radius 3 is 2.49 bits per heavy atom. The molecular weight excluding hydrogens is 533 g/mol. The molecule has 180 valence electrons. The van der Waals surface area contributed by atoms with E-state index in [2.05, 4.69) is 5.32 Å². The van der Waals surface area contributed by atoms with E-state index in [-0.39, 0.29) is 39.9 Å². The lowest BCUT2D eigenvalue weighted by atomic mass is 9.77. The molecule has 5 atom stereocenters. The van der Waals surface area contributed by atoms with E-state index < -0.39 is 9.85 Å². The van der Waals surface area contributed by atoms with Crippen LogP contribution in [0.5, 0.6) is 0 Å². The van der Waals surface area contributed by atoms with Crippen molar-refractivity contribution in [1.29, 1.82) is 0 Å². The molecule has 1 N–H and O–H groups in total. The molecule has 0 unspecified atom stereocenters. The summed E-state index contributed by atoms with van der Waals surface area (Å²) >= 11 is 21.4. The highest BCUT2D eigenvalue weighted by molar-refractivity contribution is 8.00. The highest BCUT2D eigenvalue weighted by Gasteiger charge is 2.51. The lowest BCUT2D eigenvalue weighted by Crippen LogP contribution is -2.31. The molecule has 3 aromatic carbocycles. The summed E-state index contributed by atoms with van der Waals surface area (Å²) in [4.78, 5) is 22.7. The van der Waals surface area contributed by atoms with Crippen molar-refractivity contribution < 1.29 is 9.85 Å². The first kappa shape index (κ1) is 24.2. The maximum atomic E-state index is 11.6. The zero-order valence-corrected chi connectivity index (χ0v) is 21.0. The standard InChI is InChI=1S/C24H18Cl3N3O4S/c25-13-9-15-21-16(11-20(22(21)27)35-19-7-2-1-6-18(19)30(33)34)23(28-24(15)17(26)10-13)12-4-3-5-14(8-12)29(31)32/h1-10,16,20-23,28H,11H2/t16-,20-,21+,22-,23+/m1/s1. The molecular formula is C24H18Cl3N3O4S. The number of rotatable bonds is 5. The molecule has 2 aliphatic rings. The number of para-hydroxylation sites is 1. The summed E-state index contributed by atoms with van der Waals surface area (Å²) < 4.78 is 0. The normalized spacial score (nSPS) is 24.8. The van der Waals surface area contributed by atoms with Crippen molar-refractivity contribution in [2.45, 2.75) is 33.9 Å². The summed E-state index contributed by atoms with van der Waals surface area (Å²) in [5.74, 6) is -0.199. The Balaban J connectivity index is 1.58. The third kappa shape index (κ3) is 4.44.